The molecule has 19 rings (SSSR count). The molecule has 0 saturated carbocycles. The van der Waals surface area contributed by atoms with Gasteiger partial charge in [-0.25, -0.2) is 19.6 Å². The first-order valence-corrected chi connectivity index (χ1v) is 52.3. The summed E-state index contributed by atoms with van der Waals surface area (Å²) < 4.78 is 31.9. The average molecular weight is 2100 g/mol. The van der Waals surface area contributed by atoms with E-state index in [2.05, 4.69) is 411 Å². The van der Waals surface area contributed by atoms with E-state index in [0.29, 0.717) is 17.1 Å². The molecular formula is C120H108BBrCl2N2O8P4Pd. The van der Waals surface area contributed by atoms with Gasteiger partial charge in [0.15, 0.2) is 0 Å². The van der Waals surface area contributed by atoms with Gasteiger partial charge in [0.25, 0.3) is 0 Å². The van der Waals surface area contributed by atoms with Crippen LogP contribution in [0.3, 0.4) is 0 Å². The third-order valence-electron chi connectivity index (χ3n) is 22.5. The van der Waals surface area contributed by atoms with Gasteiger partial charge in [-0.1, -0.05) is 452 Å². The van der Waals surface area contributed by atoms with Gasteiger partial charge in [-0.15, -0.1) is 0 Å². The summed E-state index contributed by atoms with van der Waals surface area (Å²) >= 11 is 15.6. The second-order valence-corrected chi connectivity index (χ2v) is 42.7. The van der Waals surface area contributed by atoms with E-state index in [9.17, 15) is 9.59 Å². The maximum Gasteiger partial charge on any atom is 0.496 e. The molecule has 0 atom stereocenters. The van der Waals surface area contributed by atoms with Gasteiger partial charge in [-0.05, 0) is 218 Å². The number of hydrogen-bond donors (Lipinski definition) is 0. The van der Waals surface area contributed by atoms with Crippen molar-refractivity contribution in [2.75, 3.05) is 28.4 Å². The van der Waals surface area contributed by atoms with Crippen LogP contribution in [0.1, 0.15) is 65.4 Å². The number of aromatic nitrogens is 2. The van der Waals surface area contributed by atoms with Crippen LogP contribution in [-0.4, -0.2) is 68.7 Å². The van der Waals surface area contributed by atoms with Gasteiger partial charge in [0.1, 0.15) is 22.9 Å². The summed E-state index contributed by atoms with van der Waals surface area (Å²) in [4.78, 5) is 31.0. The number of pyridine rings is 2. The zero-order valence-electron chi connectivity index (χ0n) is 78.6. The second kappa shape index (κ2) is 55.0. The smallest absolute Gasteiger partial charge is 0.496 e. The van der Waals surface area contributed by atoms with E-state index in [1.54, 1.807) is 44.8 Å². The fraction of sp³-hybridized carbons (Fsp3) is 0.100. The molecule has 0 unspecified atom stereocenters. The van der Waals surface area contributed by atoms with E-state index >= 15 is 0 Å². The maximum atomic E-state index is 11.5. The van der Waals surface area contributed by atoms with Gasteiger partial charge >= 0.3 is 19.1 Å². The third-order valence-corrected chi connectivity index (χ3v) is 33.4. The Labute approximate surface area is 856 Å². The summed E-state index contributed by atoms with van der Waals surface area (Å²) in [6.45, 7) is 7.96. The fourth-order valence-electron chi connectivity index (χ4n) is 14.9. The molecule has 18 aromatic rings. The fourth-order valence-corrected chi connectivity index (χ4v) is 24.9. The first-order chi connectivity index (χ1) is 67.4. The van der Waals surface area contributed by atoms with Crippen molar-refractivity contribution < 1.29 is 58.3 Å². The van der Waals surface area contributed by atoms with Gasteiger partial charge in [0.05, 0.1) is 39.6 Å². The molecule has 1 aliphatic heterocycles. The van der Waals surface area contributed by atoms with Crippen molar-refractivity contribution >= 4 is 159 Å². The zero-order chi connectivity index (χ0) is 96.7. The largest absolute Gasteiger partial charge is 0.496 e. The van der Waals surface area contributed by atoms with Crippen LogP contribution >= 0.6 is 70.8 Å². The Hall–Kier alpha value is -12.2. The summed E-state index contributed by atoms with van der Waals surface area (Å²) in [5.41, 5.74) is 7.98. The number of esters is 2. The Balaban J connectivity index is 0.000000146. The topological polar surface area (TPSA) is 115 Å². The first kappa shape index (κ1) is 106. The molecule has 1 fully saturated rings. The van der Waals surface area contributed by atoms with Crippen LogP contribution in [-0.2, 0) is 51.0 Å². The number of carbonyl (C=O) groups is 2. The van der Waals surface area contributed by atoms with Crippen molar-refractivity contribution in [2.45, 2.75) is 50.6 Å². The van der Waals surface area contributed by atoms with Gasteiger partial charge in [0.2, 0.25) is 0 Å². The number of carbonyl (C=O) groups excluding carboxylic acids is 2. The van der Waals surface area contributed by atoms with Gasteiger partial charge in [-0.2, -0.15) is 0 Å². The van der Waals surface area contributed by atoms with Gasteiger partial charge in [-0.3, -0.25) is 0 Å². The van der Waals surface area contributed by atoms with Crippen molar-refractivity contribution in [3.8, 4) is 33.8 Å². The molecule has 1 saturated heterocycles. The van der Waals surface area contributed by atoms with E-state index in [1.165, 1.54) is 83.4 Å². The second-order valence-electron chi connectivity index (χ2n) is 32.4. The normalized spacial score (nSPS) is 11.8. The molecule has 0 aliphatic carbocycles. The van der Waals surface area contributed by atoms with Gasteiger partial charge in [0, 0.05) is 64.8 Å². The molecule has 139 heavy (non-hydrogen) atoms. The van der Waals surface area contributed by atoms with E-state index in [4.69, 9.17) is 42.0 Å². The summed E-state index contributed by atoms with van der Waals surface area (Å²) in [6.07, 6.45) is 3.95. The molecule has 19 heteroatoms. The van der Waals surface area contributed by atoms with Crippen molar-refractivity contribution in [3.05, 3.63) is 524 Å². The number of nitrogens with zero attached hydrogens (tertiary/aromatic N) is 2. The number of alkyl halides is 1. The van der Waals surface area contributed by atoms with Crippen LogP contribution in [0.5, 0.6) is 11.5 Å². The van der Waals surface area contributed by atoms with Crippen molar-refractivity contribution in [2.24, 2.45) is 0 Å². The molecule has 0 bridgehead atoms. The first-order valence-electron chi connectivity index (χ1n) is 45.1. The van der Waals surface area contributed by atoms with Crippen LogP contribution in [0.2, 0.25) is 10.0 Å². The molecule has 0 amide bonds. The molecule has 2 aromatic heterocycles. The van der Waals surface area contributed by atoms with Crippen LogP contribution in [0.15, 0.2) is 486 Å². The number of ether oxygens (including phenoxy) is 4. The van der Waals surface area contributed by atoms with Crippen molar-refractivity contribution in [1.29, 1.82) is 0 Å². The quantitative estimate of drug-likeness (QED) is 0.0281. The molecule has 3 heterocycles. The Morgan fingerprint density at radius 1 is 0.302 bits per heavy atom. The summed E-state index contributed by atoms with van der Waals surface area (Å²) in [6, 6.07) is 164. The molecule has 10 nitrogen and oxygen atoms in total. The van der Waals surface area contributed by atoms with Crippen LogP contribution in [0, 0.1) is 0 Å². The summed E-state index contributed by atoms with van der Waals surface area (Å²) in [5.74, 6) is 0.747. The summed E-state index contributed by atoms with van der Waals surface area (Å²) in [5, 5.41) is 19.0. The molecule has 0 radical (unpaired) electrons. The monoisotopic (exact) mass is 2090 g/mol. The van der Waals surface area contributed by atoms with Crippen LogP contribution in [0.4, 0.5) is 0 Å². The van der Waals surface area contributed by atoms with Gasteiger partial charge < -0.3 is 28.3 Å². The standard InChI is InChI=1S/C21H18ClNO3.4C18H15P.C14H12BrClO.C13H18BNO4.Pd/c1-25-20-9-7-14(11-18(20)16-4-3-5-17(22)12-16)10-15-6-8-19(23-13-15)21(24)26-2;4*1-4-10-16(11-5-1)19(17-12-6-2-7-13-17)18-14-8-3-9-15-18;1-17-14-6-5-10(9-15)7-13(14)11-3-2-4-12(16)8-11;1-12(2)13(3,4)19-14(18-12)9-6-7-10(15-8-9)11(16)17-5;/h3-9,11-13H,10H2,1-2H3;4*1-15H;2-8H,9H2,1H3;6-8H,1-5H3;. The van der Waals surface area contributed by atoms with Crippen molar-refractivity contribution in [1.82, 2.24) is 9.97 Å². The molecular weight excluding hydrogens is 1990 g/mol. The molecule has 700 valence electrons. The number of hydrogen-bond acceptors (Lipinski definition) is 10. The Morgan fingerprint density at radius 2 is 0.547 bits per heavy atom. The van der Waals surface area contributed by atoms with Crippen LogP contribution < -0.4 is 78.6 Å². The molecule has 16 aromatic carbocycles. The molecule has 0 N–H and O–H groups in total. The Kier molecular flexibility index (Phi) is 41.8. The number of halogens is 3. The third kappa shape index (κ3) is 30.6. The minimum atomic E-state index is -0.468. The maximum absolute atomic E-state index is 11.5. The molecule has 1 aliphatic rings. The SMILES string of the molecule is COC(=O)c1ccc(B2OC(C)(C)C(C)(C)O2)cn1.COC(=O)c1ccc(Cc2ccc(OC)c(-c3cccc(Cl)c3)c2)cn1.COc1ccc(CBr)cc1-c1cccc(Cl)c1.[Pd].c1ccc(P(c2ccccc2)c2ccccc2)cc1.c1ccc(P(c2ccccc2)c2ccccc2)cc1.c1ccc(P(c2ccccc2)c2ccccc2)cc1.c1ccc(P(c2ccccc2)c2ccccc2)cc1. The van der Waals surface area contributed by atoms with Crippen LogP contribution in [0.25, 0.3) is 22.3 Å². The minimum absolute atomic E-state index is 0. The van der Waals surface area contributed by atoms with E-state index in [1.807, 2.05) is 107 Å². The van der Waals surface area contributed by atoms with E-state index in [-0.39, 0.29) is 26.1 Å². The predicted molar refractivity (Wildman–Crippen MR) is 590 cm³/mol. The minimum Gasteiger partial charge on any atom is -0.496 e. The average Bonchev–Trinajstić information content (AvgIpc) is 1.62. The van der Waals surface area contributed by atoms with E-state index in [0.717, 1.165) is 60.7 Å². The zero-order valence-corrected chi connectivity index (χ0v) is 86.8. The van der Waals surface area contributed by atoms with E-state index < -0.39 is 61.9 Å². The molecule has 0 spiro atoms. The van der Waals surface area contributed by atoms with Crippen molar-refractivity contribution in [3.63, 3.8) is 0 Å². The number of rotatable bonds is 22. The summed E-state index contributed by atoms with van der Waals surface area (Å²) in [7, 11) is 3.74. The predicted octanol–water partition coefficient (Wildman–Crippen LogP) is 24.6. The number of methoxy groups -OCH3 is 4. The Bertz CT molecular complexity index is 5850. The number of benzene rings is 16. The Morgan fingerprint density at radius 3 is 0.770 bits per heavy atom.